The van der Waals surface area contributed by atoms with Crippen LogP contribution in [0.4, 0.5) is 0 Å². The standard InChI is InChI=1S/C23H16ClI2NO2/c1-28-22-12-16(10-18(13-27)17-4-8-20(25)9-5-17)11-21(26)23(22)29-14-15-2-6-19(24)7-3-15/h2-12H,14H2,1H3/b18-10-. The molecule has 3 aromatic rings. The molecule has 0 saturated heterocycles. The molecule has 6 heteroatoms. The highest BCUT2D eigenvalue weighted by Crippen LogP contribution is 2.35. The Hall–Kier alpha value is -1.76. The molecule has 0 aliphatic heterocycles. The van der Waals surface area contributed by atoms with E-state index in [4.69, 9.17) is 21.1 Å². The van der Waals surface area contributed by atoms with E-state index in [9.17, 15) is 5.26 Å². The Morgan fingerprint density at radius 2 is 1.76 bits per heavy atom. The molecule has 3 aromatic carbocycles. The van der Waals surface area contributed by atoms with Crippen molar-refractivity contribution in [2.45, 2.75) is 6.61 Å². The maximum absolute atomic E-state index is 9.60. The van der Waals surface area contributed by atoms with Gasteiger partial charge in [-0.25, -0.2) is 0 Å². The molecule has 0 aliphatic rings. The van der Waals surface area contributed by atoms with Crippen molar-refractivity contribution in [3.05, 3.63) is 89.5 Å². The highest BCUT2D eigenvalue weighted by molar-refractivity contribution is 14.1. The normalized spacial score (nSPS) is 11.1. The van der Waals surface area contributed by atoms with E-state index in [1.807, 2.05) is 66.7 Å². The number of benzene rings is 3. The average Bonchev–Trinajstić information content (AvgIpc) is 2.72. The second-order valence-corrected chi connectivity index (χ2v) is 8.97. The fourth-order valence-corrected chi connectivity index (χ4v) is 3.94. The average molecular weight is 628 g/mol. The van der Waals surface area contributed by atoms with E-state index in [0.29, 0.717) is 28.7 Å². The van der Waals surface area contributed by atoms with Crippen LogP contribution in [0.2, 0.25) is 5.02 Å². The highest BCUT2D eigenvalue weighted by Gasteiger charge is 2.12. The highest BCUT2D eigenvalue weighted by atomic mass is 127. The Bertz CT molecular complexity index is 1070. The SMILES string of the molecule is COc1cc(/C=C(/C#N)c2ccc(I)cc2)cc(I)c1OCc1ccc(Cl)cc1. The Labute approximate surface area is 202 Å². The molecule has 0 heterocycles. The minimum atomic E-state index is 0.408. The molecule has 0 unspecified atom stereocenters. The molecule has 146 valence electrons. The molecule has 3 nitrogen and oxygen atoms in total. The van der Waals surface area contributed by atoms with E-state index < -0.39 is 0 Å². The predicted molar refractivity (Wildman–Crippen MR) is 134 cm³/mol. The van der Waals surface area contributed by atoms with Crippen molar-refractivity contribution in [2.75, 3.05) is 7.11 Å². The quantitative estimate of drug-likeness (QED) is 0.165. The first-order chi connectivity index (χ1) is 14.0. The van der Waals surface area contributed by atoms with Crippen molar-refractivity contribution in [3.63, 3.8) is 0 Å². The summed E-state index contributed by atoms with van der Waals surface area (Å²) in [5.74, 6) is 1.30. The first-order valence-electron chi connectivity index (χ1n) is 8.62. The molecule has 0 radical (unpaired) electrons. The van der Waals surface area contributed by atoms with E-state index in [-0.39, 0.29) is 0 Å². The minimum absolute atomic E-state index is 0.408. The fraction of sp³-hybridized carbons (Fsp3) is 0.0870. The summed E-state index contributed by atoms with van der Waals surface area (Å²) in [5.41, 5.74) is 3.36. The van der Waals surface area contributed by atoms with Gasteiger partial charge in [-0.05, 0) is 104 Å². The van der Waals surface area contributed by atoms with Crippen molar-refractivity contribution in [1.29, 1.82) is 5.26 Å². The van der Waals surface area contributed by atoms with Crippen molar-refractivity contribution in [1.82, 2.24) is 0 Å². The summed E-state index contributed by atoms with van der Waals surface area (Å²) >= 11 is 10.4. The Kier molecular flexibility index (Phi) is 7.81. The number of ether oxygens (including phenoxy) is 2. The molecule has 0 bridgehead atoms. The Morgan fingerprint density at radius 1 is 1.07 bits per heavy atom. The Morgan fingerprint density at radius 3 is 2.38 bits per heavy atom. The zero-order chi connectivity index (χ0) is 20.8. The predicted octanol–water partition coefficient (Wildman–Crippen LogP) is 7.20. The largest absolute Gasteiger partial charge is 0.493 e. The number of nitrogens with zero attached hydrogens (tertiary/aromatic N) is 1. The lowest BCUT2D eigenvalue weighted by atomic mass is 10.0. The van der Waals surface area contributed by atoms with E-state index in [0.717, 1.165) is 23.8 Å². The van der Waals surface area contributed by atoms with Crippen LogP contribution in [0.1, 0.15) is 16.7 Å². The summed E-state index contributed by atoms with van der Waals surface area (Å²) in [4.78, 5) is 0. The third-order valence-electron chi connectivity index (χ3n) is 4.13. The van der Waals surface area contributed by atoms with Gasteiger partial charge < -0.3 is 9.47 Å². The van der Waals surface area contributed by atoms with Gasteiger partial charge in [0.05, 0.1) is 22.3 Å². The summed E-state index contributed by atoms with van der Waals surface area (Å²) in [6.45, 7) is 0.408. The van der Waals surface area contributed by atoms with Gasteiger partial charge in [0.1, 0.15) is 6.61 Å². The fourth-order valence-electron chi connectivity index (χ4n) is 2.68. The summed E-state index contributed by atoms with van der Waals surface area (Å²) in [7, 11) is 1.61. The third-order valence-corrected chi connectivity index (χ3v) is 5.91. The molecule has 0 saturated carbocycles. The summed E-state index contributed by atoms with van der Waals surface area (Å²) in [6, 6.07) is 21.5. The lowest BCUT2D eigenvalue weighted by Crippen LogP contribution is -2.00. The van der Waals surface area contributed by atoms with Gasteiger partial charge in [0.25, 0.3) is 0 Å². The number of hydrogen-bond acceptors (Lipinski definition) is 3. The first-order valence-corrected chi connectivity index (χ1v) is 11.2. The summed E-state index contributed by atoms with van der Waals surface area (Å²) < 4.78 is 13.6. The van der Waals surface area contributed by atoms with Crippen LogP contribution in [0, 0.1) is 18.5 Å². The monoisotopic (exact) mass is 627 g/mol. The molecule has 0 fully saturated rings. The maximum atomic E-state index is 9.60. The lowest BCUT2D eigenvalue weighted by molar-refractivity contribution is 0.282. The molecule has 0 aliphatic carbocycles. The van der Waals surface area contributed by atoms with Crippen LogP contribution in [0.5, 0.6) is 11.5 Å². The number of halogens is 3. The summed E-state index contributed by atoms with van der Waals surface area (Å²) in [6.07, 6.45) is 1.86. The van der Waals surface area contributed by atoms with E-state index in [1.54, 1.807) is 7.11 Å². The molecular weight excluding hydrogens is 612 g/mol. The van der Waals surface area contributed by atoms with Gasteiger partial charge in [0, 0.05) is 8.59 Å². The molecule has 0 atom stereocenters. The van der Waals surface area contributed by atoms with Crippen molar-refractivity contribution >= 4 is 68.4 Å². The van der Waals surface area contributed by atoms with Crippen LogP contribution in [0.3, 0.4) is 0 Å². The molecular formula is C23H16ClI2NO2. The second kappa shape index (κ2) is 10.3. The number of nitriles is 1. The molecule has 3 rings (SSSR count). The van der Waals surface area contributed by atoms with Gasteiger partial charge >= 0.3 is 0 Å². The number of rotatable bonds is 6. The van der Waals surface area contributed by atoms with Crippen molar-refractivity contribution in [2.24, 2.45) is 0 Å². The zero-order valence-electron chi connectivity index (χ0n) is 15.5. The van der Waals surface area contributed by atoms with E-state index in [1.165, 1.54) is 0 Å². The van der Waals surface area contributed by atoms with Crippen LogP contribution in [-0.4, -0.2) is 7.11 Å². The van der Waals surface area contributed by atoms with Gasteiger partial charge in [-0.1, -0.05) is 35.9 Å². The third kappa shape index (κ3) is 5.87. The van der Waals surface area contributed by atoms with Crippen molar-refractivity contribution < 1.29 is 9.47 Å². The first kappa shape index (κ1) is 21.9. The van der Waals surface area contributed by atoms with Crippen LogP contribution in [0.25, 0.3) is 11.6 Å². The van der Waals surface area contributed by atoms with Crippen molar-refractivity contribution in [3.8, 4) is 17.6 Å². The lowest BCUT2D eigenvalue weighted by Gasteiger charge is -2.14. The van der Waals surface area contributed by atoms with Gasteiger partial charge in [0.15, 0.2) is 11.5 Å². The molecule has 29 heavy (non-hydrogen) atoms. The van der Waals surface area contributed by atoms with E-state index in [2.05, 4.69) is 51.3 Å². The number of hydrogen-bond donors (Lipinski definition) is 0. The molecule has 0 spiro atoms. The molecule has 0 amide bonds. The zero-order valence-corrected chi connectivity index (χ0v) is 20.5. The van der Waals surface area contributed by atoms with Crippen LogP contribution >= 0.6 is 56.8 Å². The Balaban J connectivity index is 1.88. The topological polar surface area (TPSA) is 42.2 Å². The minimum Gasteiger partial charge on any atom is -0.493 e. The number of methoxy groups -OCH3 is 1. The maximum Gasteiger partial charge on any atom is 0.174 e. The smallest absolute Gasteiger partial charge is 0.174 e. The van der Waals surface area contributed by atoms with Gasteiger partial charge in [0.2, 0.25) is 0 Å². The van der Waals surface area contributed by atoms with Crippen LogP contribution < -0.4 is 9.47 Å². The van der Waals surface area contributed by atoms with Crippen LogP contribution in [-0.2, 0) is 6.61 Å². The van der Waals surface area contributed by atoms with Gasteiger partial charge in [-0.2, -0.15) is 5.26 Å². The molecule has 0 N–H and O–H groups in total. The van der Waals surface area contributed by atoms with Gasteiger partial charge in [-0.15, -0.1) is 0 Å². The van der Waals surface area contributed by atoms with Crippen LogP contribution in [0.15, 0.2) is 60.7 Å². The van der Waals surface area contributed by atoms with E-state index >= 15 is 0 Å². The molecule has 0 aromatic heterocycles. The number of allylic oxidation sites excluding steroid dienone is 1. The second-order valence-electron chi connectivity index (χ2n) is 6.13. The van der Waals surface area contributed by atoms with Gasteiger partial charge in [-0.3, -0.25) is 0 Å². The summed E-state index contributed by atoms with van der Waals surface area (Å²) in [5, 5.41) is 10.3.